The zero-order valence-corrected chi connectivity index (χ0v) is 16.3. The topological polar surface area (TPSA) is 71.1 Å². The summed E-state index contributed by atoms with van der Waals surface area (Å²) in [7, 11) is 0. The number of pyridine rings is 1. The van der Waals surface area contributed by atoms with Crippen molar-refractivity contribution in [3.8, 4) is 0 Å². The van der Waals surface area contributed by atoms with E-state index in [0.717, 1.165) is 29.4 Å². The summed E-state index contributed by atoms with van der Waals surface area (Å²) >= 11 is 1.35. The van der Waals surface area contributed by atoms with Crippen LogP contribution in [0, 0.1) is 0 Å². The normalized spacial score (nSPS) is 14.5. The number of amides is 2. The first-order valence-electron chi connectivity index (χ1n) is 9.33. The first-order chi connectivity index (χ1) is 13.6. The number of carbonyl (C=O) groups is 2. The van der Waals surface area contributed by atoms with Crippen LogP contribution in [0.1, 0.15) is 30.1 Å². The number of para-hydroxylation sites is 2. The molecular weight excluding hydrogens is 370 g/mol. The molecule has 0 radical (unpaired) electrons. The van der Waals surface area contributed by atoms with Gasteiger partial charge in [-0.05, 0) is 44.0 Å². The summed E-state index contributed by atoms with van der Waals surface area (Å²) < 4.78 is 0. The molecule has 6 heteroatoms. The highest BCUT2D eigenvalue weighted by Gasteiger charge is 2.25. The number of fused-ring (bicyclic) bond motifs is 1. The van der Waals surface area contributed by atoms with Gasteiger partial charge in [-0.2, -0.15) is 0 Å². The second-order valence-corrected chi connectivity index (χ2v) is 8.25. The highest BCUT2D eigenvalue weighted by atomic mass is 32.2. The molecule has 1 aromatic heterocycles. The molecule has 2 aromatic carbocycles. The number of aromatic nitrogens is 1. The highest BCUT2D eigenvalue weighted by Crippen LogP contribution is 2.28. The fraction of sp³-hybridized carbons (Fsp3) is 0.227. The molecule has 1 atom stereocenters. The molecule has 0 saturated heterocycles. The third-order valence-corrected chi connectivity index (χ3v) is 5.58. The van der Waals surface area contributed by atoms with Crippen molar-refractivity contribution in [1.82, 2.24) is 10.3 Å². The number of nitrogens with one attached hydrogen (secondary N) is 2. The molecule has 28 heavy (non-hydrogen) atoms. The van der Waals surface area contributed by atoms with Gasteiger partial charge in [-0.1, -0.05) is 48.2 Å². The monoisotopic (exact) mass is 391 g/mol. The Morgan fingerprint density at radius 1 is 1.07 bits per heavy atom. The van der Waals surface area contributed by atoms with Crippen molar-refractivity contribution in [2.45, 2.75) is 36.1 Å². The van der Waals surface area contributed by atoms with E-state index in [2.05, 4.69) is 15.6 Å². The van der Waals surface area contributed by atoms with Crippen molar-refractivity contribution in [3.63, 3.8) is 0 Å². The van der Waals surface area contributed by atoms with E-state index in [-0.39, 0.29) is 23.1 Å². The quantitative estimate of drug-likeness (QED) is 0.617. The second-order valence-electron chi connectivity index (χ2n) is 6.89. The van der Waals surface area contributed by atoms with Crippen LogP contribution in [0.25, 0.3) is 10.9 Å². The van der Waals surface area contributed by atoms with Crippen molar-refractivity contribution in [2.24, 2.45) is 0 Å². The Morgan fingerprint density at radius 2 is 1.79 bits per heavy atom. The number of thioether (sulfide) groups is 1. The van der Waals surface area contributed by atoms with Crippen LogP contribution < -0.4 is 10.6 Å². The van der Waals surface area contributed by atoms with Gasteiger partial charge < -0.3 is 10.6 Å². The molecule has 0 bridgehead atoms. The van der Waals surface area contributed by atoms with Crippen LogP contribution in [0.2, 0.25) is 0 Å². The van der Waals surface area contributed by atoms with Crippen LogP contribution in [-0.2, 0) is 4.79 Å². The van der Waals surface area contributed by atoms with Gasteiger partial charge in [-0.15, -0.1) is 0 Å². The summed E-state index contributed by atoms with van der Waals surface area (Å²) in [5.74, 6) is -0.181. The van der Waals surface area contributed by atoms with Crippen LogP contribution in [0.5, 0.6) is 0 Å². The van der Waals surface area contributed by atoms with E-state index in [1.807, 2.05) is 61.5 Å². The molecule has 4 rings (SSSR count). The third kappa shape index (κ3) is 4.34. The van der Waals surface area contributed by atoms with Crippen LogP contribution in [-0.4, -0.2) is 28.1 Å². The molecule has 0 spiro atoms. The zero-order chi connectivity index (χ0) is 19.5. The summed E-state index contributed by atoms with van der Waals surface area (Å²) in [5, 5.41) is 7.08. The van der Waals surface area contributed by atoms with Crippen molar-refractivity contribution in [2.75, 3.05) is 5.32 Å². The molecule has 1 aliphatic rings. The van der Waals surface area contributed by atoms with Gasteiger partial charge in [0.1, 0.15) is 0 Å². The molecule has 2 amide bonds. The van der Waals surface area contributed by atoms with Gasteiger partial charge in [-0.25, -0.2) is 4.98 Å². The number of carbonyl (C=O) groups excluding carboxylic acids is 2. The number of hydrogen-bond donors (Lipinski definition) is 2. The molecule has 5 nitrogen and oxygen atoms in total. The lowest BCUT2D eigenvalue weighted by Gasteiger charge is -2.14. The maximum Gasteiger partial charge on any atom is 0.252 e. The lowest BCUT2D eigenvalue weighted by molar-refractivity contribution is -0.115. The molecule has 142 valence electrons. The van der Waals surface area contributed by atoms with E-state index >= 15 is 0 Å². The van der Waals surface area contributed by atoms with Gasteiger partial charge in [-0.3, -0.25) is 9.59 Å². The predicted molar refractivity (Wildman–Crippen MR) is 113 cm³/mol. The Kier molecular flexibility index (Phi) is 5.30. The van der Waals surface area contributed by atoms with Gasteiger partial charge in [0.05, 0.1) is 21.4 Å². The van der Waals surface area contributed by atoms with Gasteiger partial charge in [0.25, 0.3) is 5.91 Å². The third-order valence-electron chi connectivity index (χ3n) is 4.56. The summed E-state index contributed by atoms with van der Waals surface area (Å²) in [6.07, 6.45) is 2.07. The number of nitrogens with zero attached hydrogens (tertiary/aromatic N) is 1. The predicted octanol–water partition coefficient (Wildman–Crippen LogP) is 4.25. The highest BCUT2D eigenvalue weighted by molar-refractivity contribution is 8.00. The average molecular weight is 391 g/mol. The minimum absolute atomic E-state index is 0.0793. The molecule has 2 N–H and O–H groups in total. The summed E-state index contributed by atoms with van der Waals surface area (Å²) in [6.45, 7) is 1.84. The minimum atomic E-state index is -0.354. The number of anilines is 1. The smallest absolute Gasteiger partial charge is 0.252 e. The van der Waals surface area contributed by atoms with Crippen LogP contribution in [0.4, 0.5) is 5.69 Å². The molecule has 1 fully saturated rings. The Bertz CT molecular complexity index is 1020. The Labute approximate surface area is 167 Å². The van der Waals surface area contributed by atoms with Gasteiger partial charge in [0, 0.05) is 17.1 Å². The van der Waals surface area contributed by atoms with Crippen LogP contribution in [0.15, 0.2) is 65.7 Å². The van der Waals surface area contributed by atoms with Crippen LogP contribution >= 0.6 is 11.8 Å². The molecule has 0 aliphatic heterocycles. The number of benzene rings is 2. The maximum atomic E-state index is 12.7. The number of rotatable bonds is 6. The first kappa shape index (κ1) is 18.5. The van der Waals surface area contributed by atoms with E-state index in [1.54, 1.807) is 6.07 Å². The molecule has 1 heterocycles. The van der Waals surface area contributed by atoms with E-state index in [0.29, 0.717) is 10.6 Å². The van der Waals surface area contributed by atoms with Crippen LogP contribution in [0.3, 0.4) is 0 Å². The van der Waals surface area contributed by atoms with Crippen molar-refractivity contribution >= 4 is 40.2 Å². The lowest BCUT2D eigenvalue weighted by atomic mass is 10.1. The van der Waals surface area contributed by atoms with Crippen molar-refractivity contribution < 1.29 is 9.59 Å². The fourth-order valence-corrected chi connectivity index (χ4v) is 3.76. The van der Waals surface area contributed by atoms with E-state index in [1.165, 1.54) is 11.8 Å². The lowest BCUT2D eigenvalue weighted by Crippen LogP contribution is -2.26. The van der Waals surface area contributed by atoms with Gasteiger partial charge >= 0.3 is 0 Å². The zero-order valence-electron chi connectivity index (χ0n) is 15.5. The SMILES string of the molecule is CC(Sc1cc(C(=O)NC2CC2)c2ccccc2n1)C(=O)Nc1ccccc1. The minimum Gasteiger partial charge on any atom is -0.349 e. The molecular formula is C22H21N3O2S. The molecule has 1 aliphatic carbocycles. The van der Waals surface area contributed by atoms with Gasteiger partial charge in [0.2, 0.25) is 5.91 Å². The Hall–Kier alpha value is -2.86. The molecule has 1 saturated carbocycles. The molecule has 3 aromatic rings. The maximum absolute atomic E-state index is 12.7. The molecule has 1 unspecified atom stereocenters. The fourth-order valence-electron chi connectivity index (χ4n) is 2.89. The van der Waals surface area contributed by atoms with E-state index in [9.17, 15) is 9.59 Å². The standard InChI is InChI=1S/C22H21N3O2S/c1-14(21(26)23-15-7-3-2-4-8-15)28-20-13-18(22(27)24-16-11-12-16)17-9-5-6-10-19(17)25-20/h2-10,13-14,16H,11-12H2,1H3,(H,23,26)(H,24,27). The average Bonchev–Trinajstić information content (AvgIpc) is 3.52. The number of hydrogen-bond acceptors (Lipinski definition) is 4. The van der Waals surface area contributed by atoms with Gasteiger partial charge in [0.15, 0.2) is 0 Å². The summed E-state index contributed by atoms with van der Waals surface area (Å²) in [4.78, 5) is 29.9. The summed E-state index contributed by atoms with van der Waals surface area (Å²) in [6, 6.07) is 19.0. The van der Waals surface area contributed by atoms with E-state index in [4.69, 9.17) is 0 Å². The second kappa shape index (κ2) is 8.02. The van der Waals surface area contributed by atoms with E-state index < -0.39 is 0 Å². The largest absolute Gasteiger partial charge is 0.349 e. The van der Waals surface area contributed by atoms with Crippen molar-refractivity contribution in [1.29, 1.82) is 0 Å². The Balaban J connectivity index is 1.55. The van der Waals surface area contributed by atoms with Crippen molar-refractivity contribution in [3.05, 3.63) is 66.2 Å². The summed E-state index contributed by atoms with van der Waals surface area (Å²) in [5.41, 5.74) is 2.12. The first-order valence-corrected chi connectivity index (χ1v) is 10.2. The Morgan fingerprint density at radius 3 is 2.54 bits per heavy atom.